The number of benzene rings is 1. The minimum Gasteiger partial charge on any atom is -0.497 e. The lowest BCUT2D eigenvalue weighted by atomic mass is 9.83. The maximum Gasteiger partial charge on any atom is 0.119 e. The smallest absolute Gasteiger partial charge is 0.119 e. The van der Waals surface area contributed by atoms with Crippen LogP contribution in [0, 0.1) is 0 Å². The first kappa shape index (κ1) is 10.9. The Morgan fingerprint density at radius 2 is 2.12 bits per heavy atom. The Labute approximate surface area is 103 Å². The molecule has 1 aromatic carbocycles. The van der Waals surface area contributed by atoms with E-state index in [2.05, 4.69) is 42.1 Å². The fourth-order valence-electron chi connectivity index (χ4n) is 3.27. The highest BCUT2D eigenvalue weighted by Crippen LogP contribution is 2.44. The van der Waals surface area contributed by atoms with E-state index in [4.69, 9.17) is 4.74 Å². The third-order valence-electron chi connectivity index (χ3n) is 4.34. The van der Waals surface area contributed by atoms with Gasteiger partial charge >= 0.3 is 0 Å². The van der Waals surface area contributed by atoms with Crippen LogP contribution < -0.4 is 9.64 Å². The summed E-state index contributed by atoms with van der Waals surface area (Å²) >= 11 is 0. The third-order valence-corrected chi connectivity index (χ3v) is 4.34. The van der Waals surface area contributed by atoms with Gasteiger partial charge in [-0.15, -0.1) is 0 Å². The predicted octanol–water partition coefficient (Wildman–Crippen LogP) is 2.28. The quantitative estimate of drug-likeness (QED) is 0.739. The van der Waals surface area contributed by atoms with Crippen LogP contribution in [-0.2, 0) is 0 Å². The van der Waals surface area contributed by atoms with E-state index < -0.39 is 0 Å². The highest BCUT2D eigenvalue weighted by molar-refractivity contribution is 5.60. The Kier molecular flexibility index (Phi) is 2.51. The molecular weight excluding hydrogens is 212 g/mol. The molecule has 3 heteroatoms. The van der Waals surface area contributed by atoms with Crippen LogP contribution in [0.2, 0.25) is 0 Å². The van der Waals surface area contributed by atoms with Crippen molar-refractivity contribution in [2.75, 3.05) is 32.6 Å². The van der Waals surface area contributed by atoms with E-state index in [9.17, 15) is 0 Å². The number of piperidine rings is 1. The zero-order valence-electron chi connectivity index (χ0n) is 10.8. The molecule has 0 spiro atoms. The Morgan fingerprint density at radius 3 is 2.88 bits per heavy atom. The standard InChI is InChI=1S/C14H20N2O/c1-15-7-6-10-8-14(15)16(2)13-5-4-11(17-3)9-12(10)13/h4-5,9-10,14H,6-8H2,1-3H3. The fourth-order valence-corrected chi connectivity index (χ4v) is 3.27. The average Bonchev–Trinajstić information content (AvgIpc) is 2.37. The molecule has 0 aromatic heterocycles. The van der Waals surface area contributed by atoms with Crippen molar-refractivity contribution in [3.05, 3.63) is 23.8 Å². The second-order valence-corrected chi connectivity index (χ2v) is 5.22. The molecule has 1 aromatic rings. The second-order valence-electron chi connectivity index (χ2n) is 5.22. The molecule has 0 amide bonds. The summed E-state index contributed by atoms with van der Waals surface area (Å²) in [6.07, 6.45) is 3.07. The SMILES string of the molecule is COc1ccc2c(c1)C1CCN(C)C(C1)N2C. The summed E-state index contributed by atoms with van der Waals surface area (Å²) in [5, 5.41) is 0. The molecule has 2 aliphatic rings. The van der Waals surface area contributed by atoms with Gasteiger partial charge in [0.1, 0.15) is 5.75 Å². The van der Waals surface area contributed by atoms with Crippen molar-refractivity contribution in [2.24, 2.45) is 0 Å². The van der Waals surface area contributed by atoms with Gasteiger partial charge in [-0.2, -0.15) is 0 Å². The zero-order chi connectivity index (χ0) is 12.0. The molecule has 2 bridgehead atoms. The van der Waals surface area contributed by atoms with Crippen molar-refractivity contribution in [1.29, 1.82) is 0 Å². The largest absolute Gasteiger partial charge is 0.497 e. The Balaban J connectivity index is 2.06. The van der Waals surface area contributed by atoms with Gasteiger partial charge in [-0.05, 0) is 49.6 Å². The van der Waals surface area contributed by atoms with Crippen molar-refractivity contribution in [3.8, 4) is 5.75 Å². The van der Waals surface area contributed by atoms with Crippen LogP contribution in [0.1, 0.15) is 24.3 Å². The molecule has 0 N–H and O–H groups in total. The lowest BCUT2D eigenvalue weighted by Gasteiger charge is -2.48. The van der Waals surface area contributed by atoms with Crippen LogP contribution in [0.25, 0.3) is 0 Å². The highest BCUT2D eigenvalue weighted by atomic mass is 16.5. The zero-order valence-corrected chi connectivity index (χ0v) is 10.8. The summed E-state index contributed by atoms with van der Waals surface area (Å²) in [4.78, 5) is 4.87. The number of ether oxygens (including phenoxy) is 1. The van der Waals surface area contributed by atoms with Gasteiger partial charge in [0, 0.05) is 19.3 Å². The monoisotopic (exact) mass is 232 g/mol. The van der Waals surface area contributed by atoms with Gasteiger partial charge in [-0.1, -0.05) is 0 Å². The molecule has 0 aliphatic carbocycles. The first-order chi connectivity index (χ1) is 8.20. The van der Waals surface area contributed by atoms with Crippen molar-refractivity contribution in [3.63, 3.8) is 0 Å². The predicted molar refractivity (Wildman–Crippen MR) is 69.8 cm³/mol. The summed E-state index contributed by atoms with van der Waals surface area (Å²) in [5.74, 6) is 1.69. The third kappa shape index (κ3) is 1.61. The molecule has 3 rings (SSSR count). The van der Waals surface area contributed by atoms with Gasteiger partial charge in [-0.3, -0.25) is 4.90 Å². The Bertz CT molecular complexity index is 432. The molecule has 2 heterocycles. The van der Waals surface area contributed by atoms with Gasteiger partial charge in [-0.25, -0.2) is 0 Å². The highest BCUT2D eigenvalue weighted by Gasteiger charge is 2.36. The summed E-state index contributed by atoms with van der Waals surface area (Å²) in [6.45, 7) is 1.19. The van der Waals surface area contributed by atoms with Gasteiger partial charge < -0.3 is 9.64 Å². The maximum absolute atomic E-state index is 5.35. The van der Waals surface area contributed by atoms with Crippen molar-refractivity contribution in [2.45, 2.75) is 24.9 Å². The topological polar surface area (TPSA) is 15.7 Å². The van der Waals surface area contributed by atoms with E-state index in [1.54, 1.807) is 7.11 Å². The summed E-state index contributed by atoms with van der Waals surface area (Å²) < 4.78 is 5.35. The molecule has 0 radical (unpaired) electrons. The lowest BCUT2D eigenvalue weighted by Crippen LogP contribution is -2.52. The molecule has 17 heavy (non-hydrogen) atoms. The molecule has 0 saturated carbocycles. The normalized spacial score (nSPS) is 27.8. The van der Waals surface area contributed by atoms with Crippen LogP contribution in [0.3, 0.4) is 0 Å². The number of methoxy groups -OCH3 is 1. The average molecular weight is 232 g/mol. The molecule has 2 atom stereocenters. The second kappa shape index (κ2) is 3.91. The molecule has 2 aliphatic heterocycles. The molecule has 1 fully saturated rings. The van der Waals surface area contributed by atoms with Crippen LogP contribution in [0.4, 0.5) is 5.69 Å². The molecule has 2 unspecified atom stereocenters. The van der Waals surface area contributed by atoms with Gasteiger partial charge in [0.05, 0.1) is 13.3 Å². The first-order valence-electron chi connectivity index (χ1n) is 6.31. The van der Waals surface area contributed by atoms with E-state index in [0.29, 0.717) is 12.1 Å². The number of fused-ring (bicyclic) bond motifs is 4. The summed E-state index contributed by atoms with van der Waals surface area (Å²) in [5.41, 5.74) is 2.84. The Hall–Kier alpha value is -1.22. The molecule has 92 valence electrons. The molecule has 3 nitrogen and oxygen atoms in total. The van der Waals surface area contributed by atoms with Crippen LogP contribution in [0.15, 0.2) is 18.2 Å². The van der Waals surface area contributed by atoms with E-state index in [0.717, 1.165) is 5.75 Å². The maximum atomic E-state index is 5.35. The minimum atomic E-state index is 0.564. The molecule has 1 saturated heterocycles. The molecular formula is C14H20N2O. The van der Waals surface area contributed by atoms with Crippen molar-refractivity contribution in [1.82, 2.24) is 4.90 Å². The van der Waals surface area contributed by atoms with E-state index in [1.165, 1.54) is 30.6 Å². The van der Waals surface area contributed by atoms with Crippen LogP contribution >= 0.6 is 0 Å². The lowest BCUT2D eigenvalue weighted by molar-refractivity contribution is 0.159. The number of rotatable bonds is 1. The van der Waals surface area contributed by atoms with Crippen LogP contribution in [-0.4, -0.2) is 38.8 Å². The summed E-state index contributed by atoms with van der Waals surface area (Å²) in [6, 6.07) is 6.49. The van der Waals surface area contributed by atoms with E-state index >= 15 is 0 Å². The fraction of sp³-hybridized carbons (Fsp3) is 0.571. The van der Waals surface area contributed by atoms with Crippen LogP contribution in [0.5, 0.6) is 5.75 Å². The van der Waals surface area contributed by atoms with E-state index in [1.807, 2.05) is 0 Å². The minimum absolute atomic E-state index is 0.564. The number of anilines is 1. The number of likely N-dealkylation sites (tertiary alicyclic amines) is 1. The van der Waals surface area contributed by atoms with E-state index in [-0.39, 0.29) is 0 Å². The number of nitrogens with zero attached hydrogens (tertiary/aromatic N) is 2. The Morgan fingerprint density at radius 1 is 1.29 bits per heavy atom. The van der Waals surface area contributed by atoms with Gasteiger partial charge in [0.15, 0.2) is 0 Å². The van der Waals surface area contributed by atoms with Crippen molar-refractivity contribution >= 4 is 5.69 Å². The van der Waals surface area contributed by atoms with Crippen molar-refractivity contribution < 1.29 is 4.74 Å². The van der Waals surface area contributed by atoms with Gasteiger partial charge in [0.25, 0.3) is 0 Å². The van der Waals surface area contributed by atoms with Gasteiger partial charge in [0.2, 0.25) is 0 Å². The number of hydrogen-bond acceptors (Lipinski definition) is 3. The first-order valence-corrected chi connectivity index (χ1v) is 6.31. The summed E-state index contributed by atoms with van der Waals surface area (Å²) in [7, 11) is 6.17. The number of hydrogen-bond donors (Lipinski definition) is 0.